The van der Waals surface area contributed by atoms with Gasteiger partial charge in [-0.3, -0.25) is 0 Å². The van der Waals surface area contributed by atoms with Crippen molar-refractivity contribution in [3.05, 3.63) is 60.2 Å². The van der Waals surface area contributed by atoms with Gasteiger partial charge < -0.3 is 4.74 Å². The fourth-order valence-electron chi connectivity index (χ4n) is 1.96. The summed E-state index contributed by atoms with van der Waals surface area (Å²) in [6.45, 7) is 0.588. The highest BCUT2D eigenvalue weighted by molar-refractivity contribution is 5.56. The molecule has 0 aliphatic heterocycles. The summed E-state index contributed by atoms with van der Waals surface area (Å²) < 4.78 is 5.08. The Labute approximate surface area is 122 Å². The zero-order chi connectivity index (χ0) is 14.5. The molecule has 5 heteroatoms. The van der Waals surface area contributed by atoms with Crippen LogP contribution >= 0.6 is 0 Å². The van der Waals surface area contributed by atoms with Crippen LogP contribution in [0.2, 0.25) is 0 Å². The van der Waals surface area contributed by atoms with Crippen molar-refractivity contribution in [1.82, 2.24) is 20.4 Å². The van der Waals surface area contributed by atoms with Crippen LogP contribution in [0.5, 0.6) is 0 Å². The lowest BCUT2D eigenvalue weighted by Crippen LogP contribution is -1.99. The molecule has 0 saturated carbocycles. The van der Waals surface area contributed by atoms with E-state index in [1.54, 1.807) is 7.11 Å². The molecule has 0 fully saturated rings. The number of nitrogens with zero attached hydrogens (tertiary/aromatic N) is 4. The molecular weight excluding hydrogens is 264 g/mol. The molecule has 0 atom stereocenters. The summed E-state index contributed by atoms with van der Waals surface area (Å²) in [5.74, 6) is 1.04. The van der Waals surface area contributed by atoms with Gasteiger partial charge in [0.2, 0.25) is 11.6 Å². The molecule has 0 unspecified atom stereocenters. The molecule has 0 spiro atoms. The third kappa shape index (κ3) is 3.09. The minimum absolute atomic E-state index is 0.513. The Morgan fingerprint density at radius 1 is 0.714 bits per heavy atom. The summed E-state index contributed by atoms with van der Waals surface area (Å²) in [6, 6.07) is 17.5. The van der Waals surface area contributed by atoms with Gasteiger partial charge in [0.05, 0.1) is 6.61 Å². The number of methoxy groups -OCH3 is 1. The molecule has 0 bridgehead atoms. The van der Waals surface area contributed by atoms with Crippen LogP contribution in [0.15, 0.2) is 54.6 Å². The first-order chi connectivity index (χ1) is 10.4. The molecule has 3 rings (SSSR count). The molecule has 0 radical (unpaired) electrons. The van der Waals surface area contributed by atoms with Crippen molar-refractivity contribution in [2.45, 2.75) is 6.61 Å². The summed E-state index contributed by atoms with van der Waals surface area (Å²) in [6.07, 6.45) is 0. The van der Waals surface area contributed by atoms with Crippen LogP contribution in [0.3, 0.4) is 0 Å². The smallest absolute Gasteiger partial charge is 0.203 e. The lowest BCUT2D eigenvalue weighted by atomic mass is 10.1. The molecule has 2 aromatic carbocycles. The van der Waals surface area contributed by atoms with Gasteiger partial charge in [-0.2, -0.15) is 0 Å². The first-order valence-corrected chi connectivity index (χ1v) is 6.58. The zero-order valence-electron chi connectivity index (χ0n) is 11.6. The maximum atomic E-state index is 5.08. The number of ether oxygens (including phenoxy) is 1. The predicted molar refractivity (Wildman–Crippen MR) is 79.2 cm³/mol. The maximum absolute atomic E-state index is 5.08. The zero-order valence-corrected chi connectivity index (χ0v) is 11.6. The Kier molecular flexibility index (Phi) is 3.93. The van der Waals surface area contributed by atoms with Crippen LogP contribution in [-0.4, -0.2) is 27.5 Å². The third-order valence-electron chi connectivity index (χ3n) is 3.03. The summed E-state index contributed by atoms with van der Waals surface area (Å²) >= 11 is 0. The lowest BCUT2D eigenvalue weighted by Gasteiger charge is -2.02. The molecule has 0 N–H and O–H groups in total. The Morgan fingerprint density at radius 2 is 1.24 bits per heavy atom. The van der Waals surface area contributed by atoms with Crippen molar-refractivity contribution in [2.75, 3.05) is 7.11 Å². The summed E-state index contributed by atoms with van der Waals surface area (Å²) in [4.78, 5) is 0. The molecule has 0 aliphatic rings. The second kappa shape index (κ2) is 6.19. The number of hydrogen-bond acceptors (Lipinski definition) is 5. The highest BCUT2D eigenvalue weighted by atomic mass is 16.5. The molecule has 3 aromatic rings. The van der Waals surface area contributed by atoms with Crippen molar-refractivity contribution in [3.63, 3.8) is 0 Å². The first-order valence-electron chi connectivity index (χ1n) is 6.58. The average Bonchev–Trinajstić information content (AvgIpc) is 2.57. The Bertz CT molecular complexity index is 697. The van der Waals surface area contributed by atoms with E-state index >= 15 is 0 Å². The van der Waals surface area contributed by atoms with Crippen LogP contribution in [-0.2, 0) is 11.3 Å². The fourth-order valence-corrected chi connectivity index (χ4v) is 1.96. The molecule has 104 valence electrons. The molecule has 1 aromatic heterocycles. The van der Waals surface area contributed by atoms with E-state index in [0.29, 0.717) is 18.3 Å². The standard InChI is InChI=1S/C16H14N4O/c1-21-11-12-7-9-14(10-8-12)16-19-17-15(18-20-16)13-5-3-2-4-6-13/h2-10H,11H2,1H3. The van der Waals surface area contributed by atoms with E-state index < -0.39 is 0 Å². The second-order valence-electron chi connectivity index (χ2n) is 4.54. The highest BCUT2D eigenvalue weighted by Crippen LogP contribution is 2.16. The topological polar surface area (TPSA) is 60.8 Å². The number of rotatable bonds is 4. The average molecular weight is 278 g/mol. The van der Waals surface area contributed by atoms with Crippen LogP contribution in [0.25, 0.3) is 22.8 Å². The normalized spacial score (nSPS) is 10.5. The van der Waals surface area contributed by atoms with E-state index in [2.05, 4.69) is 20.4 Å². The minimum Gasteiger partial charge on any atom is -0.380 e. The molecular formula is C16H14N4O. The van der Waals surface area contributed by atoms with Gasteiger partial charge >= 0.3 is 0 Å². The van der Waals surface area contributed by atoms with E-state index in [9.17, 15) is 0 Å². The Balaban J connectivity index is 1.84. The van der Waals surface area contributed by atoms with E-state index in [1.807, 2.05) is 54.6 Å². The van der Waals surface area contributed by atoms with Crippen molar-refractivity contribution in [2.24, 2.45) is 0 Å². The number of hydrogen-bond donors (Lipinski definition) is 0. The van der Waals surface area contributed by atoms with Gasteiger partial charge in [-0.1, -0.05) is 54.6 Å². The van der Waals surface area contributed by atoms with Crippen molar-refractivity contribution >= 4 is 0 Å². The number of benzene rings is 2. The molecule has 5 nitrogen and oxygen atoms in total. The minimum atomic E-state index is 0.513. The molecule has 21 heavy (non-hydrogen) atoms. The van der Waals surface area contributed by atoms with Crippen molar-refractivity contribution < 1.29 is 4.74 Å². The summed E-state index contributed by atoms with van der Waals surface area (Å²) in [5.41, 5.74) is 2.89. The molecule has 0 aliphatic carbocycles. The summed E-state index contributed by atoms with van der Waals surface area (Å²) in [7, 11) is 1.67. The quantitative estimate of drug-likeness (QED) is 0.734. The van der Waals surface area contributed by atoms with E-state index in [4.69, 9.17) is 4.74 Å². The first kappa shape index (κ1) is 13.3. The van der Waals surface area contributed by atoms with Crippen molar-refractivity contribution in [3.8, 4) is 22.8 Å². The van der Waals surface area contributed by atoms with Gasteiger partial charge in [-0.15, -0.1) is 20.4 Å². The molecule has 0 amide bonds. The van der Waals surface area contributed by atoms with E-state index in [1.165, 1.54) is 0 Å². The fraction of sp³-hybridized carbons (Fsp3) is 0.125. The van der Waals surface area contributed by atoms with Gasteiger partial charge in [0, 0.05) is 18.2 Å². The largest absolute Gasteiger partial charge is 0.380 e. The lowest BCUT2D eigenvalue weighted by molar-refractivity contribution is 0.185. The van der Waals surface area contributed by atoms with E-state index in [0.717, 1.165) is 16.7 Å². The Morgan fingerprint density at radius 3 is 1.76 bits per heavy atom. The predicted octanol–water partition coefficient (Wildman–Crippen LogP) is 2.75. The van der Waals surface area contributed by atoms with Crippen LogP contribution < -0.4 is 0 Å². The van der Waals surface area contributed by atoms with Gasteiger partial charge in [0.1, 0.15) is 0 Å². The van der Waals surface area contributed by atoms with Crippen LogP contribution in [0.4, 0.5) is 0 Å². The monoisotopic (exact) mass is 278 g/mol. The van der Waals surface area contributed by atoms with Gasteiger partial charge in [0.15, 0.2) is 0 Å². The SMILES string of the molecule is COCc1ccc(-c2nnc(-c3ccccc3)nn2)cc1. The Hall–Kier alpha value is -2.66. The summed E-state index contributed by atoms with van der Waals surface area (Å²) in [5, 5.41) is 16.6. The maximum Gasteiger partial charge on any atom is 0.203 e. The highest BCUT2D eigenvalue weighted by Gasteiger charge is 2.06. The molecule has 1 heterocycles. The van der Waals surface area contributed by atoms with Crippen LogP contribution in [0, 0.1) is 0 Å². The third-order valence-corrected chi connectivity index (χ3v) is 3.03. The molecule has 0 saturated heterocycles. The van der Waals surface area contributed by atoms with Gasteiger partial charge in [-0.05, 0) is 5.56 Å². The number of aromatic nitrogens is 4. The second-order valence-corrected chi connectivity index (χ2v) is 4.54. The van der Waals surface area contributed by atoms with Crippen molar-refractivity contribution in [1.29, 1.82) is 0 Å². The van der Waals surface area contributed by atoms with E-state index in [-0.39, 0.29) is 0 Å². The van der Waals surface area contributed by atoms with Gasteiger partial charge in [-0.25, -0.2) is 0 Å². The van der Waals surface area contributed by atoms with Crippen LogP contribution in [0.1, 0.15) is 5.56 Å². The van der Waals surface area contributed by atoms with Gasteiger partial charge in [0.25, 0.3) is 0 Å².